The molecule has 0 unspecified atom stereocenters. The van der Waals surface area contributed by atoms with Crippen molar-refractivity contribution in [2.75, 3.05) is 13.1 Å². The number of aromatic nitrogens is 1. The molecule has 1 aromatic heterocycles. The second-order valence-electron chi connectivity index (χ2n) is 3.98. The van der Waals surface area contributed by atoms with Gasteiger partial charge in [0.25, 0.3) is 0 Å². The van der Waals surface area contributed by atoms with Crippen LogP contribution in [0.1, 0.15) is 23.7 Å². The molecule has 16 heavy (non-hydrogen) atoms. The number of nitrogens with zero attached hydrogens (tertiary/aromatic N) is 1. The Morgan fingerprint density at radius 1 is 1.44 bits per heavy atom. The lowest BCUT2D eigenvalue weighted by Gasteiger charge is -2.05. The minimum atomic E-state index is -4.31. The maximum absolute atomic E-state index is 12.2. The first kappa shape index (κ1) is 13.4. The van der Waals surface area contributed by atoms with Crippen LogP contribution in [0.3, 0.4) is 0 Å². The van der Waals surface area contributed by atoms with Gasteiger partial charge in [-0.05, 0) is 18.9 Å². The average Bonchev–Trinajstić information content (AvgIpc) is 2.59. The van der Waals surface area contributed by atoms with Gasteiger partial charge in [-0.25, -0.2) is 4.98 Å². The van der Waals surface area contributed by atoms with Crippen molar-refractivity contribution in [1.29, 1.82) is 0 Å². The van der Waals surface area contributed by atoms with Crippen molar-refractivity contribution in [3.05, 3.63) is 16.1 Å². The zero-order chi connectivity index (χ0) is 12.2. The molecule has 2 nitrogen and oxygen atoms in total. The molecule has 1 rings (SSSR count). The number of rotatable bonds is 5. The van der Waals surface area contributed by atoms with Gasteiger partial charge in [0.15, 0.2) is 5.01 Å². The first-order chi connectivity index (χ1) is 7.39. The molecule has 6 heteroatoms. The van der Waals surface area contributed by atoms with Crippen LogP contribution in [0.15, 0.2) is 6.20 Å². The van der Waals surface area contributed by atoms with Gasteiger partial charge in [0.1, 0.15) is 0 Å². The highest BCUT2D eigenvalue weighted by Crippen LogP contribution is 2.32. The van der Waals surface area contributed by atoms with Crippen LogP contribution >= 0.6 is 11.3 Å². The van der Waals surface area contributed by atoms with Crippen LogP contribution in [0.4, 0.5) is 13.2 Å². The van der Waals surface area contributed by atoms with Crippen molar-refractivity contribution in [2.45, 2.75) is 26.4 Å². The molecule has 1 N–H and O–H groups in total. The molecule has 0 radical (unpaired) electrons. The number of hydrogen-bond donors (Lipinski definition) is 1. The zero-order valence-electron chi connectivity index (χ0n) is 9.27. The van der Waals surface area contributed by atoms with Gasteiger partial charge in [-0.2, -0.15) is 13.2 Å². The fourth-order valence-corrected chi connectivity index (χ4v) is 1.94. The molecule has 0 aliphatic carbocycles. The van der Waals surface area contributed by atoms with Gasteiger partial charge >= 0.3 is 6.18 Å². The predicted octanol–water partition coefficient (Wildman–Crippen LogP) is 2.95. The van der Waals surface area contributed by atoms with Gasteiger partial charge in [0, 0.05) is 17.6 Å². The number of nitrogens with one attached hydrogen (secondary N) is 1. The molecule has 0 amide bonds. The smallest absolute Gasteiger partial charge is 0.316 e. The van der Waals surface area contributed by atoms with Crippen LogP contribution in [0, 0.1) is 5.92 Å². The van der Waals surface area contributed by atoms with Gasteiger partial charge in [0.05, 0.1) is 0 Å². The van der Waals surface area contributed by atoms with Gasteiger partial charge in [0.2, 0.25) is 0 Å². The molecule has 0 aliphatic heterocycles. The van der Waals surface area contributed by atoms with E-state index in [0.29, 0.717) is 23.8 Å². The van der Waals surface area contributed by atoms with Crippen LogP contribution in [0.5, 0.6) is 0 Å². The fourth-order valence-electron chi connectivity index (χ4n) is 1.16. The maximum atomic E-state index is 12.2. The standard InChI is InChI=1S/C10H15F3N2S/c1-7(2)5-14-4-3-8-6-15-9(16-8)10(11,12)13/h6-7,14H,3-5H2,1-2H3. The van der Waals surface area contributed by atoms with Crippen molar-refractivity contribution in [2.24, 2.45) is 5.92 Å². The topological polar surface area (TPSA) is 24.9 Å². The van der Waals surface area contributed by atoms with Crippen molar-refractivity contribution in [3.63, 3.8) is 0 Å². The first-order valence-corrected chi connectivity index (χ1v) is 5.94. The van der Waals surface area contributed by atoms with E-state index in [1.54, 1.807) is 0 Å². The van der Waals surface area contributed by atoms with Crippen LogP contribution < -0.4 is 5.32 Å². The van der Waals surface area contributed by atoms with E-state index in [9.17, 15) is 13.2 Å². The molecular formula is C10H15F3N2S. The van der Waals surface area contributed by atoms with Gasteiger partial charge in [-0.15, -0.1) is 11.3 Å². The summed E-state index contributed by atoms with van der Waals surface area (Å²) in [5.74, 6) is 0.548. The van der Waals surface area contributed by atoms with E-state index in [-0.39, 0.29) is 0 Å². The molecule has 1 heterocycles. The minimum Gasteiger partial charge on any atom is -0.316 e. The highest BCUT2D eigenvalue weighted by atomic mass is 32.1. The second kappa shape index (κ2) is 5.63. The molecule has 1 aromatic rings. The lowest BCUT2D eigenvalue weighted by molar-refractivity contribution is -0.137. The van der Waals surface area contributed by atoms with Gasteiger partial charge < -0.3 is 5.32 Å². The molecule has 0 bridgehead atoms. The predicted molar refractivity (Wildman–Crippen MR) is 58.5 cm³/mol. The highest BCUT2D eigenvalue weighted by molar-refractivity contribution is 7.11. The van der Waals surface area contributed by atoms with Gasteiger partial charge in [-0.1, -0.05) is 13.8 Å². The Labute approximate surface area is 96.9 Å². The Hall–Kier alpha value is -0.620. The summed E-state index contributed by atoms with van der Waals surface area (Å²) in [5.41, 5.74) is 0. The number of hydrogen-bond acceptors (Lipinski definition) is 3. The Kier molecular flexibility index (Phi) is 4.73. The third kappa shape index (κ3) is 4.49. The lowest BCUT2D eigenvalue weighted by atomic mass is 10.2. The van der Waals surface area contributed by atoms with E-state index in [4.69, 9.17) is 0 Å². The summed E-state index contributed by atoms with van der Waals surface area (Å²) >= 11 is 0.723. The van der Waals surface area contributed by atoms with Crippen LogP contribution in [-0.2, 0) is 12.6 Å². The summed E-state index contributed by atoms with van der Waals surface area (Å²) in [6, 6.07) is 0. The van der Waals surface area contributed by atoms with E-state index in [0.717, 1.165) is 17.9 Å². The third-order valence-electron chi connectivity index (χ3n) is 1.90. The normalized spacial score (nSPS) is 12.4. The zero-order valence-corrected chi connectivity index (χ0v) is 10.1. The molecule has 0 saturated carbocycles. The van der Waals surface area contributed by atoms with E-state index < -0.39 is 11.2 Å². The Morgan fingerprint density at radius 3 is 2.62 bits per heavy atom. The fraction of sp³-hybridized carbons (Fsp3) is 0.700. The molecular weight excluding hydrogens is 237 g/mol. The van der Waals surface area contributed by atoms with Gasteiger partial charge in [-0.3, -0.25) is 0 Å². The van der Waals surface area contributed by atoms with E-state index in [1.807, 2.05) is 0 Å². The summed E-state index contributed by atoms with van der Waals surface area (Å²) in [5, 5.41) is 2.42. The first-order valence-electron chi connectivity index (χ1n) is 5.12. The van der Waals surface area contributed by atoms with Crippen molar-refractivity contribution in [1.82, 2.24) is 10.3 Å². The van der Waals surface area contributed by atoms with Crippen molar-refractivity contribution >= 4 is 11.3 Å². The highest BCUT2D eigenvalue weighted by Gasteiger charge is 2.34. The van der Waals surface area contributed by atoms with Crippen LogP contribution in [0.25, 0.3) is 0 Å². The largest absolute Gasteiger partial charge is 0.443 e. The van der Waals surface area contributed by atoms with Crippen molar-refractivity contribution < 1.29 is 13.2 Å². The molecule has 0 saturated heterocycles. The molecule has 0 atom stereocenters. The number of halogens is 3. The van der Waals surface area contributed by atoms with Crippen LogP contribution in [-0.4, -0.2) is 18.1 Å². The van der Waals surface area contributed by atoms with E-state index in [2.05, 4.69) is 24.1 Å². The quantitative estimate of drug-likeness (QED) is 0.815. The summed E-state index contributed by atoms with van der Waals surface area (Å²) < 4.78 is 36.7. The average molecular weight is 252 g/mol. The summed E-state index contributed by atoms with van der Waals surface area (Å²) in [6.07, 6.45) is -2.40. The number of alkyl halides is 3. The van der Waals surface area contributed by atoms with Crippen molar-refractivity contribution in [3.8, 4) is 0 Å². The molecule has 0 spiro atoms. The Bertz CT molecular complexity index is 320. The van der Waals surface area contributed by atoms with E-state index in [1.165, 1.54) is 6.20 Å². The SMILES string of the molecule is CC(C)CNCCc1cnc(C(F)(F)F)s1. The number of thiazole rings is 1. The summed E-state index contributed by atoms with van der Waals surface area (Å²) in [6.45, 7) is 5.74. The lowest BCUT2D eigenvalue weighted by Crippen LogP contribution is -2.21. The second-order valence-corrected chi connectivity index (χ2v) is 5.09. The monoisotopic (exact) mass is 252 g/mol. The summed E-state index contributed by atoms with van der Waals surface area (Å²) in [7, 11) is 0. The third-order valence-corrected chi connectivity index (χ3v) is 3.00. The summed E-state index contributed by atoms with van der Waals surface area (Å²) in [4.78, 5) is 4.04. The van der Waals surface area contributed by atoms with E-state index >= 15 is 0 Å². The van der Waals surface area contributed by atoms with Crippen LogP contribution in [0.2, 0.25) is 0 Å². The Morgan fingerprint density at radius 2 is 2.12 bits per heavy atom. The molecule has 0 fully saturated rings. The maximum Gasteiger partial charge on any atom is 0.443 e. The molecule has 92 valence electrons. The Balaban J connectivity index is 2.36. The molecule has 0 aliphatic rings. The molecule has 0 aromatic carbocycles. The minimum absolute atomic E-state index is 0.548.